The molecule has 18 heavy (non-hydrogen) atoms. The van der Waals surface area contributed by atoms with Crippen molar-refractivity contribution >= 4 is 17.5 Å². The van der Waals surface area contributed by atoms with Crippen LogP contribution < -0.4 is 5.32 Å². The van der Waals surface area contributed by atoms with Gasteiger partial charge in [0.1, 0.15) is 0 Å². The van der Waals surface area contributed by atoms with E-state index in [1.807, 2.05) is 24.3 Å². The quantitative estimate of drug-likeness (QED) is 0.907. The zero-order chi connectivity index (χ0) is 13.0. The first-order valence-corrected chi connectivity index (χ1v) is 6.71. The number of amides is 1. The number of rotatable bonds is 4. The summed E-state index contributed by atoms with van der Waals surface area (Å²) in [4.78, 5) is 14.1. The van der Waals surface area contributed by atoms with Gasteiger partial charge in [-0.05, 0) is 37.6 Å². The van der Waals surface area contributed by atoms with Crippen molar-refractivity contribution in [1.82, 2.24) is 10.2 Å². The molecule has 1 aromatic rings. The lowest BCUT2D eigenvalue weighted by atomic mass is 10.0. The lowest BCUT2D eigenvalue weighted by Gasteiger charge is -2.11. The van der Waals surface area contributed by atoms with E-state index in [0.717, 1.165) is 25.1 Å². The first-order chi connectivity index (χ1) is 8.65. The maximum atomic E-state index is 11.8. The average Bonchev–Trinajstić information content (AvgIpc) is 2.74. The van der Waals surface area contributed by atoms with Gasteiger partial charge in [-0.25, -0.2) is 0 Å². The SMILES string of the molecule is CN1CCC(CC(=O)NCc2ccccc2Cl)C1. The largest absolute Gasteiger partial charge is 0.352 e. The summed E-state index contributed by atoms with van der Waals surface area (Å²) < 4.78 is 0. The molecule has 1 heterocycles. The highest BCUT2D eigenvalue weighted by Crippen LogP contribution is 2.18. The number of nitrogens with zero attached hydrogens (tertiary/aromatic N) is 1. The predicted octanol–water partition coefficient (Wildman–Crippen LogP) is 2.30. The highest BCUT2D eigenvalue weighted by atomic mass is 35.5. The molecule has 0 radical (unpaired) electrons. The van der Waals surface area contributed by atoms with E-state index >= 15 is 0 Å². The van der Waals surface area contributed by atoms with E-state index in [1.54, 1.807) is 0 Å². The molecule has 0 bridgehead atoms. The Morgan fingerprint density at radius 2 is 2.28 bits per heavy atom. The number of halogens is 1. The van der Waals surface area contributed by atoms with Crippen LogP contribution in [-0.4, -0.2) is 30.9 Å². The molecule has 1 atom stereocenters. The fraction of sp³-hybridized carbons (Fsp3) is 0.500. The third-order valence-electron chi connectivity index (χ3n) is 3.40. The zero-order valence-electron chi connectivity index (χ0n) is 10.7. The first kappa shape index (κ1) is 13.4. The molecule has 98 valence electrons. The minimum atomic E-state index is 0.121. The maximum Gasteiger partial charge on any atom is 0.220 e. The van der Waals surface area contributed by atoms with Gasteiger partial charge in [0.05, 0.1) is 0 Å². The molecule has 0 saturated carbocycles. The predicted molar refractivity (Wildman–Crippen MR) is 73.5 cm³/mol. The van der Waals surface area contributed by atoms with Crippen molar-refractivity contribution in [2.75, 3.05) is 20.1 Å². The number of likely N-dealkylation sites (tertiary alicyclic amines) is 1. The van der Waals surface area contributed by atoms with Crippen LogP contribution in [-0.2, 0) is 11.3 Å². The fourth-order valence-electron chi connectivity index (χ4n) is 2.36. The molecule has 1 aliphatic rings. The molecule has 3 nitrogen and oxygen atoms in total. The molecule has 1 aliphatic heterocycles. The molecular formula is C14H19ClN2O. The first-order valence-electron chi connectivity index (χ1n) is 6.34. The Hall–Kier alpha value is -1.06. The van der Waals surface area contributed by atoms with E-state index in [0.29, 0.717) is 23.9 Å². The summed E-state index contributed by atoms with van der Waals surface area (Å²) in [6.07, 6.45) is 1.74. The molecule has 0 aromatic heterocycles. The Balaban J connectivity index is 1.77. The van der Waals surface area contributed by atoms with Crippen molar-refractivity contribution in [3.63, 3.8) is 0 Å². The molecule has 4 heteroatoms. The van der Waals surface area contributed by atoms with Gasteiger partial charge in [-0.15, -0.1) is 0 Å². The Bertz CT molecular complexity index is 422. The van der Waals surface area contributed by atoms with Crippen molar-refractivity contribution in [2.24, 2.45) is 5.92 Å². The summed E-state index contributed by atoms with van der Waals surface area (Å²) in [6, 6.07) is 7.60. The van der Waals surface area contributed by atoms with Crippen LogP contribution in [0.5, 0.6) is 0 Å². The molecule has 1 amide bonds. The van der Waals surface area contributed by atoms with Gasteiger partial charge in [0.15, 0.2) is 0 Å². The minimum absolute atomic E-state index is 0.121. The van der Waals surface area contributed by atoms with Crippen LogP contribution in [0.15, 0.2) is 24.3 Å². The van der Waals surface area contributed by atoms with Gasteiger partial charge in [-0.3, -0.25) is 4.79 Å². The smallest absolute Gasteiger partial charge is 0.220 e. The summed E-state index contributed by atoms with van der Waals surface area (Å²) >= 11 is 6.04. The van der Waals surface area contributed by atoms with E-state index in [-0.39, 0.29) is 5.91 Å². The lowest BCUT2D eigenvalue weighted by Crippen LogP contribution is -2.26. The van der Waals surface area contributed by atoms with E-state index in [2.05, 4.69) is 17.3 Å². The standard InChI is InChI=1S/C14H19ClN2O/c1-17-7-6-11(10-17)8-14(18)16-9-12-4-2-3-5-13(12)15/h2-5,11H,6-10H2,1H3,(H,16,18). The second-order valence-corrected chi connectivity index (χ2v) is 5.40. The molecule has 2 rings (SSSR count). The van der Waals surface area contributed by atoms with Gasteiger partial charge in [0, 0.05) is 24.5 Å². The summed E-state index contributed by atoms with van der Waals surface area (Å²) in [5, 5.41) is 3.65. The Kier molecular flexibility index (Phi) is 4.61. The number of hydrogen-bond acceptors (Lipinski definition) is 2. The van der Waals surface area contributed by atoms with Crippen LogP contribution >= 0.6 is 11.6 Å². The van der Waals surface area contributed by atoms with Gasteiger partial charge in [0.2, 0.25) is 5.91 Å². The highest BCUT2D eigenvalue weighted by molar-refractivity contribution is 6.31. The van der Waals surface area contributed by atoms with Crippen molar-refractivity contribution in [2.45, 2.75) is 19.4 Å². The summed E-state index contributed by atoms with van der Waals surface area (Å²) in [7, 11) is 2.10. The van der Waals surface area contributed by atoms with Crippen molar-refractivity contribution in [3.8, 4) is 0 Å². The monoisotopic (exact) mass is 266 g/mol. The average molecular weight is 267 g/mol. The van der Waals surface area contributed by atoms with E-state index in [9.17, 15) is 4.79 Å². The number of benzene rings is 1. The molecule has 1 fully saturated rings. The number of carbonyl (C=O) groups excluding carboxylic acids is 1. The second-order valence-electron chi connectivity index (χ2n) is 4.99. The highest BCUT2D eigenvalue weighted by Gasteiger charge is 2.21. The van der Waals surface area contributed by atoms with Gasteiger partial charge in [0.25, 0.3) is 0 Å². The summed E-state index contributed by atoms with van der Waals surface area (Å²) in [6.45, 7) is 2.64. The number of carbonyl (C=O) groups is 1. The van der Waals surface area contributed by atoms with Gasteiger partial charge in [-0.2, -0.15) is 0 Å². The summed E-state index contributed by atoms with van der Waals surface area (Å²) in [5.41, 5.74) is 0.969. The van der Waals surface area contributed by atoms with Crippen LogP contribution in [0.2, 0.25) is 5.02 Å². The minimum Gasteiger partial charge on any atom is -0.352 e. The molecule has 1 unspecified atom stereocenters. The third kappa shape index (κ3) is 3.72. The van der Waals surface area contributed by atoms with E-state index in [4.69, 9.17) is 11.6 Å². The topological polar surface area (TPSA) is 32.3 Å². The summed E-state index contributed by atoms with van der Waals surface area (Å²) in [5.74, 6) is 0.622. The van der Waals surface area contributed by atoms with Gasteiger partial charge >= 0.3 is 0 Å². The normalized spacial score (nSPS) is 20.0. The zero-order valence-corrected chi connectivity index (χ0v) is 11.4. The Morgan fingerprint density at radius 1 is 1.50 bits per heavy atom. The van der Waals surface area contributed by atoms with Crippen molar-refractivity contribution < 1.29 is 4.79 Å². The van der Waals surface area contributed by atoms with Gasteiger partial charge in [-0.1, -0.05) is 29.8 Å². The molecule has 1 aromatic carbocycles. The lowest BCUT2D eigenvalue weighted by molar-refractivity contribution is -0.122. The maximum absolute atomic E-state index is 11.8. The number of hydrogen-bond donors (Lipinski definition) is 1. The van der Waals surface area contributed by atoms with Gasteiger partial charge < -0.3 is 10.2 Å². The van der Waals surface area contributed by atoms with Crippen LogP contribution in [0.3, 0.4) is 0 Å². The van der Waals surface area contributed by atoms with E-state index in [1.165, 1.54) is 0 Å². The van der Waals surface area contributed by atoms with E-state index < -0.39 is 0 Å². The molecule has 1 saturated heterocycles. The third-order valence-corrected chi connectivity index (χ3v) is 3.77. The number of nitrogens with one attached hydrogen (secondary N) is 1. The Morgan fingerprint density at radius 3 is 2.94 bits per heavy atom. The van der Waals surface area contributed by atoms with Crippen LogP contribution in [0.1, 0.15) is 18.4 Å². The molecule has 0 aliphatic carbocycles. The molecular weight excluding hydrogens is 248 g/mol. The van der Waals surface area contributed by atoms with Crippen LogP contribution in [0.4, 0.5) is 0 Å². The van der Waals surface area contributed by atoms with Crippen molar-refractivity contribution in [1.29, 1.82) is 0 Å². The van der Waals surface area contributed by atoms with Crippen LogP contribution in [0.25, 0.3) is 0 Å². The molecule has 1 N–H and O–H groups in total. The Labute approximate surface area is 113 Å². The molecule has 0 spiro atoms. The fourth-order valence-corrected chi connectivity index (χ4v) is 2.57. The second kappa shape index (κ2) is 6.21. The van der Waals surface area contributed by atoms with Crippen molar-refractivity contribution in [3.05, 3.63) is 34.9 Å². The van der Waals surface area contributed by atoms with Crippen LogP contribution in [0, 0.1) is 5.92 Å².